The van der Waals surface area contributed by atoms with Gasteiger partial charge in [-0.15, -0.1) is 11.3 Å². The van der Waals surface area contributed by atoms with Crippen molar-refractivity contribution in [3.05, 3.63) is 15.6 Å². The van der Waals surface area contributed by atoms with E-state index in [0.717, 1.165) is 13.0 Å². The molecule has 1 N–H and O–H groups in total. The van der Waals surface area contributed by atoms with Crippen molar-refractivity contribution in [3.63, 3.8) is 0 Å². The second-order valence-corrected chi connectivity index (χ2v) is 8.70. The second-order valence-electron chi connectivity index (χ2n) is 6.28. The summed E-state index contributed by atoms with van der Waals surface area (Å²) in [4.78, 5) is 6.40. The summed E-state index contributed by atoms with van der Waals surface area (Å²) in [5.41, 5.74) is 1.52. The van der Waals surface area contributed by atoms with E-state index in [9.17, 15) is 0 Å². The normalized spacial score (nSPS) is 20.1. The molecule has 0 saturated carbocycles. The van der Waals surface area contributed by atoms with E-state index < -0.39 is 0 Å². The van der Waals surface area contributed by atoms with Crippen molar-refractivity contribution in [2.45, 2.75) is 70.7 Å². The first-order valence-corrected chi connectivity index (χ1v) is 9.21. The van der Waals surface area contributed by atoms with Crippen LogP contribution in [-0.4, -0.2) is 16.3 Å². The standard InChI is InChI=1S/C15H26N2S2/c1-5-7-11-13(10-16-15(2,3)4)19-14(17-11)12-8-6-9-18-12/h12,16H,5-10H2,1-4H3. The van der Waals surface area contributed by atoms with Crippen LogP contribution in [0.1, 0.15) is 67.8 Å². The molecule has 1 unspecified atom stereocenters. The minimum Gasteiger partial charge on any atom is -0.307 e. The fourth-order valence-corrected chi connectivity index (χ4v) is 4.79. The van der Waals surface area contributed by atoms with Gasteiger partial charge in [0.25, 0.3) is 0 Å². The molecular formula is C15H26N2S2. The van der Waals surface area contributed by atoms with E-state index in [4.69, 9.17) is 4.98 Å². The monoisotopic (exact) mass is 298 g/mol. The van der Waals surface area contributed by atoms with Crippen LogP contribution in [0.15, 0.2) is 0 Å². The molecule has 0 spiro atoms. The zero-order valence-corrected chi connectivity index (χ0v) is 14.2. The average Bonchev–Trinajstić information content (AvgIpc) is 2.94. The molecule has 4 heteroatoms. The molecule has 0 aromatic carbocycles. The smallest absolute Gasteiger partial charge is 0.106 e. The number of aryl methyl sites for hydroxylation is 1. The molecule has 0 aliphatic carbocycles. The second kappa shape index (κ2) is 6.59. The average molecular weight is 299 g/mol. The number of nitrogens with one attached hydrogen (secondary N) is 1. The van der Waals surface area contributed by atoms with Crippen LogP contribution in [0.2, 0.25) is 0 Å². The summed E-state index contributed by atoms with van der Waals surface area (Å²) < 4.78 is 0. The van der Waals surface area contributed by atoms with E-state index >= 15 is 0 Å². The van der Waals surface area contributed by atoms with Crippen molar-refractivity contribution in [1.82, 2.24) is 10.3 Å². The van der Waals surface area contributed by atoms with Gasteiger partial charge in [0.05, 0.1) is 10.9 Å². The Labute approximate surface area is 125 Å². The third kappa shape index (κ3) is 4.47. The number of rotatable bonds is 5. The highest BCUT2D eigenvalue weighted by molar-refractivity contribution is 7.99. The summed E-state index contributed by atoms with van der Waals surface area (Å²) in [6.45, 7) is 9.88. The van der Waals surface area contributed by atoms with Gasteiger partial charge < -0.3 is 5.32 Å². The van der Waals surface area contributed by atoms with Crippen LogP contribution in [0.3, 0.4) is 0 Å². The quantitative estimate of drug-likeness (QED) is 0.863. The molecule has 19 heavy (non-hydrogen) atoms. The Morgan fingerprint density at radius 3 is 2.74 bits per heavy atom. The molecule has 2 nitrogen and oxygen atoms in total. The van der Waals surface area contributed by atoms with Crippen LogP contribution >= 0.6 is 23.1 Å². The van der Waals surface area contributed by atoms with Crippen molar-refractivity contribution in [2.75, 3.05) is 5.75 Å². The number of thiazole rings is 1. The molecule has 1 aromatic heterocycles. The minimum atomic E-state index is 0.176. The highest BCUT2D eigenvalue weighted by Gasteiger charge is 2.23. The van der Waals surface area contributed by atoms with Gasteiger partial charge in [-0.3, -0.25) is 0 Å². The van der Waals surface area contributed by atoms with E-state index in [1.54, 1.807) is 0 Å². The van der Waals surface area contributed by atoms with Crippen LogP contribution in [0.25, 0.3) is 0 Å². The highest BCUT2D eigenvalue weighted by atomic mass is 32.2. The van der Waals surface area contributed by atoms with Crippen molar-refractivity contribution in [1.29, 1.82) is 0 Å². The predicted molar refractivity (Wildman–Crippen MR) is 87.1 cm³/mol. The zero-order chi connectivity index (χ0) is 13.9. The molecule has 1 aromatic rings. The number of aromatic nitrogens is 1. The van der Waals surface area contributed by atoms with Crippen LogP contribution < -0.4 is 5.32 Å². The number of thioether (sulfide) groups is 1. The molecule has 0 amide bonds. The Morgan fingerprint density at radius 2 is 2.16 bits per heavy atom. The fourth-order valence-electron chi connectivity index (χ4n) is 2.23. The molecule has 2 heterocycles. The van der Waals surface area contributed by atoms with Gasteiger partial charge in [-0.1, -0.05) is 13.3 Å². The van der Waals surface area contributed by atoms with Crippen LogP contribution in [0.4, 0.5) is 0 Å². The maximum Gasteiger partial charge on any atom is 0.106 e. The first-order valence-electron chi connectivity index (χ1n) is 7.34. The SMILES string of the molecule is CCCc1nc(C2CCCS2)sc1CNC(C)(C)C. The molecule has 108 valence electrons. The topological polar surface area (TPSA) is 24.9 Å². The summed E-state index contributed by atoms with van der Waals surface area (Å²) in [6.07, 6.45) is 4.97. The van der Waals surface area contributed by atoms with Crippen molar-refractivity contribution in [2.24, 2.45) is 0 Å². The summed E-state index contributed by atoms with van der Waals surface area (Å²) in [7, 11) is 0. The lowest BCUT2D eigenvalue weighted by Crippen LogP contribution is -2.35. The molecule has 1 saturated heterocycles. The van der Waals surface area contributed by atoms with Gasteiger partial charge in [-0.05, 0) is 45.8 Å². The van der Waals surface area contributed by atoms with E-state index in [-0.39, 0.29) is 5.54 Å². The van der Waals surface area contributed by atoms with Gasteiger partial charge in [0.1, 0.15) is 5.01 Å². The van der Waals surface area contributed by atoms with Crippen LogP contribution in [-0.2, 0) is 13.0 Å². The molecule has 0 radical (unpaired) electrons. The van der Waals surface area contributed by atoms with Crippen LogP contribution in [0.5, 0.6) is 0 Å². The Bertz CT molecular complexity index is 401. The van der Waals surface area contributed by atoms with Crippen molar-refractivity contribution < 1.29 is 0 Å². The molecule has 0 bridgehead atoms. The van der Waals surface area contributed by atoms with E-state index in [0.29, 0.717) is 5.25 Å². The largest absolute Gasteiger partial charge is 0.307 e. The lowest BCUT2D eigenvalue weighted by atomic mass is 10.1. The van der Waals surface area contributed by atoms with Gasteiger partial charge in [0.2, 0.25) is 0 Å². The fraction of sp³-hybridized carbons (Fsp3) is 0.800. The van der Waals surface area contributed by atoms with Gasteiger partial charge in [0, 0.05) is 17.0 Å². The Balaban J connectivity index is 2.10. The Kier molecular flexibility index (Phi) is 5.32. The Morgan fingerprint density at radius 1 is 1.37 bits per heavy atom. The van der Waals surface area contributed by atoms with Gasteiger partial charge in [0.15, 0.2) is 0 Å². The number of nitrogens with zero attached hydrogens (tertiary/aromatic N) is 1. The van der Waals surface area contributed by atoms with Crippen molar-refractivity contribution >= 4 is 23.1 Å². The summed E-state index contributed by atoms with van der Waals surface area (Å²) in [6, 6.07) is 0. The number of hydrogen-bond donors (Lipinski definition) is 1. The molecule has 1 fully saturated rings. The number of hydrogen-bond acceptors (Lipinski definition) is 4. The van der Waals surface area contributed by atoms with Crippen LogP contribution in [0, 0.1) is 0 Å². The summed E-state index contributed by atoms with van der Waals surface area (Å²) in [5, 5.41) is 5.65. The van der Waals surface area contributed by atoms with E-state index in [1.165, 1.54) is 40.6 Å². The van der Waals surface area contributed by atoms with Gasteiger partial charge >= 0.3 is 0 Å². The maximum absolute atomic E-state index is 4.94. The first kappa shape index (κ1) is 15.3. The highest BCUT2D eigenvalue weighted by Crippen LogP contribution is 2.42. The predicted octanol–water partition coefficient (Wildman–Crippen LogP) is 4.55. The molecule has 1 aliphatic rings. The molecule has 2 rings (SSSR count). The minimum absolute atomic E-state index is 0.176. The third-order valence-corrected chi connectivity index (χ3v) is 6.01. The first-order chi connectivity index (χ1) is 8.99. The van der Waals surface area contributed by atoms with Gasteiger partial charge in [-0.2, -0.15) is 11.8 Å². The molecule has 1 atom stereocenters. The van der Waals surface area contributed by atoms with E-state index in [1.807, 2.05) is 11.3 Å². The lowest BCUT2D eigenvalue weighted by Gasteiger charge is -2.20. The van der Waals surface area contributed by atoms with Gasteiger partial charge in [-0.25, -0.2) is 4.98 Å². The molecule has 1 aliphatic heterocycles. The summed E-state index contributed by atoms with van der Waals surface area (Å²) in [5.74, 6) is 1.31. The molecular weight excluding hydrogens is 272 g/mol. The third-order valence-electron chi connectivity index (χ3n) is 3.27. The Hall–Kier alpha value is -0.0600. The maximum atomic E-state index is 4.94. The van der Waals surface area contributed by atoms with Crippen molar-refractivity contribution in [3.8, 4) is 0 Å². The lowest BCUT2D eigenvalue weighted by molar-refractivity contribution is 0.425. The zero-order valence-electron chi connectivity index (χ0n) is 12.6. The van der Waals surface area contributed by atoms with E-state index in [2.05, 4.69) is 44.8 Å². The summed E-state index contributed by atoms with van der Waals surface area (Å²) >= 11 is 4.03.